The largest absolute Gasteiger partial charge is 0.507 e. The van der Waals surface area contributed by atoms with Crippen LogP contribution in [0.2, 0.25) is 0 Å². The van der Waals surface area contributed by atoms with E-state index < -0.39 is 0 Å². The summed E-state index contributed by atoms with van der Waals surface area (Å²) in [4.78, 5) is 6.24. The molecule has 0 unspecified atom stereocenters. The molecule has 29 heavy (non-hydrogen) atoms. The molecule has 2 aromatic rings. The van der Waals surface area contributed by atoms with Crippen LogP contribution in [0.25, 0.3) is 16.8 Å². The maximum Gasteiger partial charge on any atom is 0.215 e. The minimum atomic E-state index is 0.159. The maximum absolute atomic E-state index is 10.6. The molecule has 1 fully saturated rings. The van der Waals surface area contributed by atoms with Crippen molar-refractivity contribution in [3.8, 4) is 17.0 Å². The molecule has 1 aliphatic heterocycles. The first-order valence-corrected chi connectivity index (χ1v) is 9.68. The van der Waals surface area contributed by atoms with Crippen LogP contribution in [0.1, 0.15) is 18.2 Å². The van der Waals surface area contributed by atoms with E-state index in [1.165, 1.54) is 0 Å². The standard InChI is InChI=1S/C22H27BN5O/c1-6-16(11-24-4)17-7-8-19(22(29)9-17)21-10-20(14(2)26-27-21)23-15(3)28(5)18-12-25-13-18/h6-11,18,25,29H,3,12-13H2,1-2,4-5H3/b16-6+,24-11?. The zero-order valence-electron chi connectivity index (χ0n) is 17.5. The summed E-state index contributed by atoms with van der Waals surface area (Å²) in [5.41, 5.74) is 5.80. The molecule has 0 bridgehead atoms. The molecule has 0 saturated carbocycles. The summed E-state index contributed by atoms with van der Waals surface area (Å²) in [7, 11) is 5.80. The monoisotopic (exact) mass is 388 g/mol. The number of nitrogens with one attached hydrogen (secondary N) is 1. The fraction of sp³-hybridized carbons (Fsp3) is 0.318. The summed E-state index contributed by atoms with van der Waals surface area (Å²) < 4.78 is 0. The molecule has 149 valence electrons. The van der Waals surface area contributed by atoms with Crippen molar-refractivity contribution in [2.24, 2.45) is 4.99 Å². The molecule has 1 aliphatic rings. The zero-order valence-corrected chi connectivity index (χ0v) is 17.5. The first-order valence-electron chi connectivity index (χ1n) is 9.68. The highest BCUT2D eigenvalue weighted by molar-refractivity contribution is 6.61. The Bertz CT molecular complexity index is 966. The summed E-state index contributed by atoms with van der Waals surface area (Å²) in [5.74, 6) is 0.159. The quantitative estimate of drug-likeness (QED) is 0.561. The van der Waals surface area contributed by atoms with Gasteiger partial charge in [0, 0.05) is 39.0 Å². The molecule has 2 heterocycles. The van der Waals surface area contributed by atoms with Crippen LogP contribution in [0.5, 0.6) is 5.75 Å². The van der Waals surface area contributed by atoms with Crippen LogP contribution in [0.15, 0.2) is 47.5 Å². The second-order valence-corrected chi connectivity index (χ2v) is 7.19. The van der Waals surface area contributed by atoms with Gasteiger partial charge in [-0.3, -0.25) is 4.99 Å². The van der Waals surface area contributed by atoms with Gasteiger partial charge < -0.3 is 15.3 Å². The third-order valence-corrected chi connectivity index (χ3v) is 5.29. The van der Waals surface area contributed by atoms with Gasteiger partial charge in [-0.1, -0.05) is 24.2 Å². The van der Waals surface area contributed by atoms with E-state index >= 15 is 0 Å². The molecular formula is C22H27BN5O. The van der Waals surface area contributed by atoms with Crippen molar-refractivity contribution in [2.75, 3.05) is 27.2 Å². The van der Waals surface area contributed by atoms with Gasteiger partial charge in [0.1, 0.15) is 5.75 Å². The van der Waals surface area contributed by atoms with E-state index in [0.717, 1.165) is 41.0 Å². The summed E-state index contributed by atoms with van der Waals surface area (Å²) in [6.07, 6.45) is 3.73. The Balaban J connectivity index is 1.86. The normalized spacial score (nSPS) is 14.7. The third-order valence-electron chi connectivity index (χ3n) is 5.29. The van der Waals surface area contributed by atoms with E-state index in [2.05, 4.69) is 39.0 Å². The van der Waals surface area contributed by atoms with Gasteiger partial charge in [0.2, 0.25) is 7.28 Å². The van der Waals surface area contributed by atoms with Crippen LogP contribution in [-0.4, -0.2) is 66.9 Å². The molecule has 6 nitrogen and oxygen atoms in total. The minimum absolute atomic E-state index is 0.159. The number of aliphatic imine (C=N–C) groups is 1. The van der Waals surface area contributed by atoms with E-state index in [0.29, 0.717) is 17.3 Å². The molecule has 1 aromatic carbocycles. The number of aryl methyl sites for hydroxylation is 1. The van der Waals surface area contributed by atoms with Crippen molar-refractivity contribution in [3.05, 3.63) is 53.8 Å². The highest BCUT2D eigenvalue weighted by Gasteiger charge is 2.23. The smallest absolute Gasteiger partial charge is 0.215 e. The Kier molecular flexibility index (Phi) is 6.49. The Morgan fingerprint density at radius 1 is 1.34 bits per heavy atom. The summed E-state index contributed by atoms with van der Waals surface area (Å²) in [6, 6.07) is 7.96. The Labute approximate surface area is 173 Å². The van der Waals surface area contributed by atoms with Crippen molar-refractivity contribution >= 4 is 24.5 Å². The number of hydrogen-bond donors (Lipinski definition) is 2. The van der Waals surface area contributed by atoms with Crippen molar-refractivity contribution in [2.45, 2.75) is 19.9 Å². The van der Waals surface area contributed by atoms with Crippen LogP contribution in [-0.2, 0) is 0 Å². The number of rotatable bonds is 7. The lowest BCUT2D eigenvalue weighted by Gasteiger charge is -2.38. The lowest BCUT2D eigenvalue weighted by atomic mass is 9.65. The number of phenols is 1. The van der Waals surface area contributed by atoms with Gasteiger partial charge in [-0.25, -0.2) is 0 Å². The first kappa shape index (κ1) is 20.8. The molecule has 0 spiro atoms. The summed E-state index contributed by atoms with van der Waals surface area (Å²) in [5, 5.41) is 22.5. The zero-order chi connectivity index (χ0) is 21.0. The second-order valence-electron chi connectivity index (χ2n) is 7.19. The lowest BCUT2D eigenvalue weighted by molar-refractivity contribution is 0.235. The fourth-order valence-corrected chi connectivity index (χ4v) is 3.19. The van der Waals surface area contributed by atoms with Gasteiger partial charge in [0.15, 0.2) is 0 Å². The number of phenolic OH excluding ortho intramolecular Hbond substituents is 1. The Morgan fingerprint density at radius 2 is 2.10 bits per heavy atom. The Hall–Kier alpha value is -2.93. The SMILES string of the molecule is C=C([B]c1cc(-c2ccc(/C(C=NC)=C/C)cc2O)nnc1C)N(C)C1CNC1. The predicted molar refractivity (Wildman–Crippen MR) is 121 cm³/mol. The fourth-order valence-electron chi connectivity index (χ4n) is 3.19. The van der Waals surface area contributed by atoms with Gasteiger partial charge in [-0.2, -0.15) is 10.2 Å². The average Bonchev–Trinajstić information content (AvgIpc) is 2.66. The molecule has 0 aliphatic carbocycles. The number of nitrogens with zero attached hydrogens (tertiary/aromatic N) is 4. The topological polar surface area (TPSA) is 73.6 Å². The average molecular weight is 388 g/mol. The molecular weight excluding hydrogens is 361 g/mol. The van der Waals surface area contributed by atoms with E-state index in [-0.39, 0.29) is 5.75 Å². The van der Waals surface area contributed by atoms with Gasteiger partial charge in [0.25, 0.3) is 0 Å². The number of hydrogen-bond acceptors (Lipinski definition) is 6. The van der Waals surface area contributed by atoms with E-state index in [4.69, 9.17) is 0 Å². The first-order chi connectivity index (χ1) is 13.9. The van der Waals surface area contributed by atoms with Crippen LogP contribution in [0, 0.1) is 6.92 Å². The highest BCUT2D eigenvalue weighted by atomic mass is 16.3. The van der Waals surface area contributed by atoms with Gasteiger partial charge in [0.05, 0.1) is 17.4 Å². The Morgan fingerprint density at radius 3 is 2.69 bits per heavy atom. The summed E-state index contributed by atoms with van der Waals surface area (Å²) in [6.45, 7) is 10.0. The van der Waals surface area contributed by atoms with E-state index in [1.54, 1.807) is 19.3 Å². The minimum Gasteiger partial charge on any atom is -0.507 e. The van der Waals surface area contributed by atoms with Crippen LogP contribution in [0.3, 0.4) is 0 Å². The van der Waals surface area contributed by atoms with Gasteiger partial charge in [-0.15, -0.1) is 0 Å². The van der Waals surface area contributed by atoms with Gasteiger partial charge >= 0.3 is 0 Å². The van der Waals surface area contributed by atoms with Gasteiger partial charge in [-0.05, 0) is 48.8 Å². The predicted octanol–water partition coefficient (Wildman–Crippen LogP) is 1.97. The molecule has 7 heteroatoms. The summed E-state index contributed by atoms with van der Waals surface area (Å²) >= 11 is 0. The lowest BCUT2D eigenvalue weighted by Crippen LogP contribution is -2.56. The number of aromatic hydroxyl groups is 1. The maximum atomic E-state index is 10.6. The molecule has 0 atom stereocenters. The molecule has 1 radical (unpaired) electrons. The van der Waals surface area contributed by atoms with Crippen molar-refractivity contribution in [1.82, 2.24) is 20.4 Å². The second kappa shape index (κ2) is 9.05. The van der Waals surface area contributed by atoms with E-state index in [9.17, 15) is 5.11 Å². The van der Waals surface area contributed by atoms with Crippen LogP contribution in [0.4, 0.5) is 0 Å². The number of benzene rings is 1. The molecule has 0 amide bonds. The van der Waals surface area contributed by atoms with Crippen LogP contribution < -0.4 is 10.8 Å². The van der Waals surface area contributed by atoms with E-state index in [1.807, 2.05) is 45.4 Å². The van der Waals surface area contributed by atoms with Crippen molar-refractivity contribution < 1.29 is 5.11 Å². The molecule has 1 saturated heterocycles. The number of likely N-dealkylation sites (N-methyl/N-ethyl adjacent to an activating group) is 1. The van der Waals surface area contributed by atoms with Crippen LogP contribution >= 0.6 is 0 Å². The van der Waals surface area contributed by atoms with Crippen molar-refractivity contribution in [1.29, 1.82) is 0 Å². The molecule has 3 rings (SSSR count). The number of allylic oxidation sites excluding steroid dienone is 2. The van der Waals surface area contributed by atoms with Crippen molar-refractivity contribution in [3.63, 3.8) is 0 Å². The molecule has 1 aromatic heterocycles. The molecule has 2 N–H and O–H groups in total. The number of aromatic nitrogens is 2. The highest BCUT2D eigenvalue weighted by Crippen LogP contribution is 2.30. The third kappa shape index (κ3) is 4.57.